The minimum absolute atomic E-state index is 0.218. The number of fused-ring (bicyclic) bond motifs is 1. The van der Waals surface area contributed by atoms with Crippen LogP contribution in [0.2, 0.25) is 5.02 Å². The SMILES string of the molecule is CC(C)c1c(-c2cc(N)on2)cc(Cl)c2c1OCCO2. The summed E-state index contributed by atoms with van der Waals surface area (Å²) in [6.07, 6.45) is 0. The highest BCUT2D eigenvalue weighted by atomic mass is 35.5. The van der Waals surface area contributed by atoms with Gasteiger partial charge in [-0.2, -0.15) is 0 Å². The Bertz CT molecular complexity index is 652. The summed E-state index contributed by atoms with van der Waals surface area (Å²) in [7, 11) is 0. The number of benzene rings is 1. The van der Waals surface area contributed by atoms with E-state index in [9.17, 15) is 0 Å². The lowest BCUT2D eigenvalue weighted by Gasteiger charge is -2.25. The molecule has 2 aromatic rings. The lowest BCUT2D eigenvalue weighted by molar-refractivity contribution is 0.169. The summed E-state index contributed by atoms with van der Waals surface area (Å²) in [5, 5.41) is 4.46. The minimum Gasteiger partial charge on any atom is -0.486 e. The molecule has 3 rings (SSSR count). The van der Waals surface area contributed by atoms with E-state index in [4.69, 9.17) is 31.3 Å². The van der Waals surface area contributed by atoms with Crippen LogP contribution in [0.15, 0.2) is 16.7 Å². The zero-order chi connectivity index (χ0) is 14.3. The fraction of sp³-hybridized carbons (Fsp3) is 0.357. The van der Waals surface area contributed by atoms with Crippen molar-refractivity contribution in [2.75, 3.05) is 18.9 Å². The van der Waals surface area contributed by atoms with Gasteiger partial charge in [0, 0.05) is 17.2 Å². The number of nitrogens with two attached hydrogens (primary N) is 1. The molecule has 0 atom stereocenters. The van der Waals surface area contributed by atoms with Gasteiger partial charge in [-0.3, -0.25) is 0 Å². The lowest BCUT2D eigenvalue weighted by Crippen LogP contribution is -2.17. The zero-order valence-corrected chi connectivity index (χ0v) is 12.0. The Hall–Kier alpha value is -1.88. The smallest absolute Gasteiger partial charge is 0.222 e. The molecule has 0 radical (unpaired) electrons. The second-order valence-electron chi connectivity index (χ2n) is 4.94. The molecule has 1 aromatic carbocycles. The molecule has 0 amide bonds. The van der Waals surface area contributed by atoms with Gasteiger partial charge < -0.3 is 19.7 Å². The molecular formula is C14H15ClN2O3. The van der Waals surface area contributed by atoms with E-state index in [0.717, 1.165) is 11.1 Å². The Balaban J connectivity index is 2.26. The summed E-state index contributed by atoms with van der Waals surface area (Å²) < 4.78 is 16.3. The molecule has 1 aliphatic rings. The molecule has 0 fully saturated rings. The van der Waals surface area contributed by atoms with Crippen LogP contribution >= 0.6 is 11.6 Å². The maximum atomic E-state index is 6.29. The Morgan fingerprint density at radius 2 is 1.90 bits per heavy atom. The van der Waals surface area contributed by atoms with E-state index in [1.165, 1.54) is 0 Å². The molecule has 0 unspecified atom stereocenters. The molecule has 5 nitrogen and oxygen atoms in total. The van der Waals surface area contributed by atoms with Crippen molar-refractivity contribution < 1.29 is 14.0 Å². The Kier molecular flexibility index (Phi) is 3.22. The molecule has 2 heterocycles. The van der Waals surface area contributed by atoms with Gasteiger partial charge in [0.2, 0.25) is 5.88 Å². The van der Waals surface area contributed by atoms with Crippen LogP contribution in [0, 0.1) is 0 Å². The van der Waals surface area contributed by atoms with E-state index in [1.807, 2.05) is 6.07 Å². The van der Waals surface area contributed by atoms with Crippen molar-refractivity contribution >= 4 is 17.5 Å². The van der Waals surface area contributed by atoms with Crippen LogP contribution < -0.4 is 15.2 Å². The van der Waals surface area contributed by atoms with Gasteiger partial charge >= 0.3 is 0 Å². The number of ether oxygens (including phenoxy) is 2. The normalized spacial score (nSPS) is 13.8. The van der Waals surface area contributed by atoms with Crippen LogP contribution in [-0.4, -0.2) is 18.4 Å². The summed E-state index contributed by atoms with van der Waals surface area (Å²) in [5.41, 5.74) is 8.10. The van der Waals surface area contributed by atoms with Crippen molar-refractivity contribution in [1.29, 1.82) is 0 Å². The highest BCUT2D eigenvalue weighted by Gasteiger charge is 2.26. The summed E-state index contributed by atoms with van der Waals surface area (Å²) in [4.78, 5) is 0. The first-order valence-electron chi connectivity index (χ1n) is 6.42. The number of rotatable bonds is 2. The molecule has 6 heteroatoms. The van der Waals surface area contributed by atoms with Gasteiger partial charge in [-0.05, 0) is 12.0 Å². The van der Waals surface area contributed by atoms with Crippen molar-refractivity contribution in [3.8, 4) is 22.8 Å². The van der Waals surface area contributed by atoms with Crippen molar-refractivity contribution in [3.05, 3.63) is 22.7 Å². The molecule has 1 aromatic heterocycles. The van der Waals surface area contributed by atoms with E-state index < -0.39 is 0 Å². The van der Waals surface area contributed by atoms with E-state index >= 15 is 0 Å². The fourth-order valence-electron chi connectivity index (χ4n) is 2.39. The zero-order valence-electron chi connectivity index (χ0n) is 11.3. The third-order valence-electron chi connectivity index (χ3n) is 3.19. The second-order valence-corrected chi connectivity index (χ2v) is 5.35. The predicted molar refractivity (Wildman–Crippen MR) is 76.4 cm³/mol. The van der Waals surface area contributed by atoms with Gasteiger partial charge in [0.1, 0.15) is 18.9 Å². The van der Waals surface area contributed by atoms with Gasteiger partial charge in [-0.15, -0.1) is 0 Å². The summed E-state index contributed by atoms with van der Waals surface area (Å²) >= 11 is 6.29. The number of halogens is 1. The molecule has 0 spiro atoms. The second kappa shape index (κ2) is 4.90. The largest absolute Gasteiger partial charge is 0.486 e. The summed E-state index contributed by atoms with van der Waals surface area (Å²) in [6, 6.07) is 3.50. The Labute approximate surface area is 121 Å². The third kappa shape index (κ3) is 2.08. The van der Waals surface area contributed by atoms with E-state index in [0.29, 0.717) is 35.4 Å². The highest BCUT2D eigenvalue weighted by Crippen LogP contribution is 2.47. The van der Waals surface area contributed by atoms with Crippen LogP contribution in [0.25, 0.3) is 11.3 Å². The molecule has 2 N–H and O–H groups in total. The molecule has 20 heavy (non-hydrogen) atoms. The van der Waals surface area contributed by atoms with Crippen molar-refractivity contribution in [3.63, 3.8) is 0 Å². The Morgan fingerprint density at radius 3 is 2.50 bits per heavy atom. The molecule has 1 aliphatic heterocycles. The average Bonchev–Trinajstić information content (AvgIpc) is 2.85. The Morgan fingerprint density at radius 1 is 1.20 bits per heavy atom. The quantitative estimate of drug-likeness (QED) is 0.918. The van der Waals surface area contributed by atoms with Crippen LogP contribution in [0.3, 0.4) is 0 Å². The summed E-state index contributed by atoms with van der Waals surface area (Å²) in [6.45, 7) is 5.16. The average molecular weight is 295 g/mol. The van der Waals surface area contributed by atoms with Gasteiger partial charge in [0.15, 0.2) is 11.5 Å². The van der Waals surface area contributed by atoms with Crippen molar-refractivity contribution in [1.82, 2.24) is 5.16 Å². The molecule has 0 saturated heterocycles. The fourth-order valence-corrected chi connectivity index (χ4v) is 2.64. The molecule has 0 bridgehead atoms. The molecule has 106 valence electrons. The van der Waals surface area contributed by atoms with Crippen LogP contribution in [0.5, 0.6) is 11.5 Å². The topological polar surface area (TPSA) is 70.5 Å². The standard InChI is InChI=1S/C14H15ClN2O3/c1-7(2)12-8(10-6-11(16)20-17-10)5-9(15)13-14(12)19-4-3-18-13/h5-7H,3-4,16H2,1-2H3. The van der Waals surface area contributed by atoms with E-state index in [2.05, 4.69) is 19.0 Å². The van der Waals surface area contributed by atoms with E-state index in [1.54, 1.807) is 6.07 Å². The van der Waals surface area contributed by atoms with Crippen molar-refractivity contribution in [2.45, 2.75) is 19.8 Å². The minimum atomic E-state index is 0.218. The predicted octanol–water partition coefficient (Wildman–Crippen LogP) is 3.47. The van der Waals surface area contributed by atoms with Crippen LogP contribution in [-0.2, 0) is 0 Å². The third-order valence-corrected chi connectivity index (χ3v) is 3.47. The number of anilines is 1. The maximum Gasteiger partial charge on any atom is 0.222 e. The highest BCUT2D eigenvalue weighted by molar-refractivity contribution is 6.32. The number of nitrogens with zero attached hydrogens (tertiary/aromatic N) is 1. The van der Waals surface area contributed by atoms with Gasteiger partial charge in [-0.1, -0.05) is 30.6 Å². The lowest BCUT2D eigenvalue weighted by atomic mass is 9.93. The van der Waals surface area contributed by atoms with Crippen LogP contribution in [0.4, 0.5) is 5.88 Å². The summed E-state index contributed by atoms with van der Waals surface area (Å²) in [5.74, 6) is 1.77. The van der Waals surface area contributed by atoms with E-state index in [-0.39, 0.29) is 11.8 Å². The maximum absolute atomic E-state index is 6.29. The monoisotopic (exact) mass is 294 g/mol. The number of hydrogen-bond acceptors (Lipinski definition) is 5. The van der Waals surface area contributed by atoms with Crippen LogP contribution in [0.1, 0.15) is 25.3 Å². The van der Waals surface area contributed by atoms with Crippen molar-refractivity contribution in [2.24, 2.45) is 0 Å². The first kappa shape index (κ1) is 13.1. The van der Waals surface area contributed by atoms with Gasteiger partial charge in [-0.25, -0.2) is 0 Å². The number of nitrogen functional groups attached to an aromatic ring is 1. The first-order valence-corrected chi connectivity index (χ1v) is 6.80. The molecule has 0 saturated carbocycles. The molecule has 0 aliphatic carbocycles. The van der Waals surface area contributed by atoms with Gasteiger partial charge in [0.05, 0.1) is 5.02 Å². The molecular weight excluding hydrogens is 280 g/mol. The number of aromatic nitrogens is 1. The first-order chi connectivity index (χ1) is 9.58. The number of hydrogen-bond donors (Lipinski definition) is 1. The van der Waals surface area contributed by atoms with Gasteiger partial charge in [0.25, 0.3) is 0 Å².